The Labute approximate surface area is 138 Å². The molecule has 1 aromatic carbocycles. The van der Waals surface area contributed by atoms with Crippen molar-refractivity contribution in [3.63, 3.8) is 0 Å². The van der Waals surface area contributed by atoms with Crippen LogP contribution in [-0.4, -0.2) is 17.5 Å². The zero-order chi connectivity index (χ0) is 15.4. The SMILES string of the molecule is Cc1cc(C)c(NC(=O)COc2ccc(I)nc2)c(C)c1. The highest BCUT2D eigenvalue weighted by atomic mass is 127. The van der Waals surface area contributed by atoms with Crippen LogP contribution < -0.4 is 10.1 Å². The van der Waals surface area contributed by atoms with E-state index < -0.39 is 0 Å². The number of aromatic nitrogens is 1. The molecule has 1 amide bonds. The number of rotatable bonds is 4. The zero-order valence-electron chi connectivity index (χ0n) is 12.2. The highest BCUT2D eigenvalue weighted by Gasteiger charge is 2.09. The number of pyridine rings is 1. The van der Waals surface area contributed by atoms with Crippen molar-refractivity contribution in [1.82, 2.24) is 4.98 Å². The molecule has 5 heteroatoms. The molecule has 0 radical (unpaired) electrons. The van der Waals surface area contributed by atoms with Crippen LogP contribution in [-0.2, 0) is 4.79 Å². The van der Waals surface area contributed by atoms with Crippen LogP contribution in [0.2, 0.25) is 0 Å². The first-order valence-corrected chi connectivity index (χ1v) is 7.65. The van der Waals surface area contributed by atoms with E-state index in [1.807, 2.05) is 39.0 Å². The summed E-state index contributed by atoms with van der Waals surface area (Å²) >= 11 is 2.12. The lowest BCUT2D eigenvalue weighted by molar-refractivity contribution is -0.118. The third-order valence-corrected chi connectivity index (χ3v) is 3.65. The number of hydrogen-bond donors (Lipinski definition) is 1. The Hall–Kier alpha value is -1.63. The Morgan fingerprint density at radius 2 is 1.90 bits per heavy atom. The predicted molar refractivity (Wildman–Crippen MR) is 91.7 cm³/mol. The van der Waals surface area contributed by atoms with Gasteiger partial charge in [-0.05, 0) is 66.6 Å². The molecule has 1 aromatic heterocycles. The van der Waals surface area contributed by atoms with Crippen molar-refractivity contribution in [2.75, 3.05) is 11.9 Å². The molecule has 0 saturated carbocycles. The topological polar surface area (TPSA) is 51.2 Å². The molecule has 0 aliphatic carbocycles. The van der Waals surface area contributed by atoms with Gasteiger partial charge in [0.05, 0.1) is 6.20 Å². The smallest absolute Gasteiger partial charge is 0.262 e. The van der Waals surface area contributed by atoms with Crippen molar-refractivity contribution in [2.45, 2.75) is 20.8 Å². The average Bonchev–Trinajstić information content (AvgIpc) is 2.42. The zero-order valence-corrected chi connectivity index (χ0v) is 14.4. The number of carbonyl (C=O) groups is 1. The Bertz CT molecular complexity index is 631. The van der Waals surface area contributed by atoms with Gasteiger partial charge in [0, 0.05) is 5.69 Å². The number of ether oxygens (including phenoxy) is 1. The number of carbonyl (C=O) groups excluding carboxylic acids is 1. The summed E-state index contributed by atoms with van der Waals surface area (Å²) in [4.78, 5) is 16.1. The molecule has 1 N–H and O–H groups in total. The molecular weight excluding hydrogens is 379 g/mol. The van der Waals surface area contributed by atoms with E-state index in [4.69, 9.17) is 4.74 Å². The largest absolute Gasteiger partial charge is 0.482 e. The molecule has 21 heavy (non-hydrogen) atoms. The van der Waals surface area contributed by atoms with Crippen LogP contribution in [0.15, 0.2) is 30.5 Å². The van der Waals surface area contributed by atoms with E-state index in [1.54, 1.807) is 12.3 Å². The van der Waals surface area contributed by atoms with Gasteiger partial charge >= 0.3 is 0 Å². The minimum Gasteiger partial charge on any atom is -0.482 e. The molecule has 0 bridgehead atoms. The lowest BCUT2D eigenvalue weighted by Gasteiger charge is -2.13. The van der Waals surface area contributed by atoms with Crippen LogP contribution in [0, 0.1) is 24.5 Å². The van der Waals surface area contributed by atoms with Crippen molar-refractivity contribution in [3.05, 3.63) is 50.9 Å². The summed E-state index contributed by atoms with van der Waals surface area (Å²) in [6.07, 6.45) is 1.61. The third-order valence-electron chi connectivity index (χ3n) is 3.01. The second kappa shape index (κ2) is 6.89. The molecule has 4 nitrogen and oxygen atoms in total. The second-order valence-corrected chi connectivity index (χ2v) is 6.03. The van der Waals surface area contributed by atoms with Gasteiger partial charge < -0.3 is 10.1 Å². The van der Waals surface area contributed by atoms with Gasteiger partial charge in [-0.25, -0.2) is 4.98 Å². The third kappa shape index (κ3) is 4.42. The van der Waals surface area contributed by atoms with Gasteiger partial charge in [0.15, 0.2) is 6.61 Å². The molecule has 1 heterocycles. The maximum atomic E-state index is 12.0. The van der Waals surface area contributed by atoms with Gasteiger partial charge in [0.2, 0.25) is 0 Å². The number of nitrogens with zero attached hydrogens (tertiary/aromatic N) is 1. The van der Waals surface area contributed by atoms with Gasteiger partial charge in [0.25, 0.3) is 5.91 Å². The number of amides is 1. The Morgan fingerprint density at radius 1 is 1.24 bits per heavy atom. The first kappa shape index (κ1) is 15.8. The maximum absolute atomic E-state index is 12.0. The fraction of sp³-hybridized carbons (Fsp3) is 0.250. The van der Waals surface area contributed by atoms with Gasteiger partial charge in [-0.2, -0.15) is 0 Å². The molecule has 2 rings (SSSR count). The molecule has 0 saturated heterocycles. The van der Waals surface area contributed by atoms with E-state index in [2.05, 4.69) is 32.9 Å². The fourth-order valence-corrected chi connectivity index (χ4v) is 2.47. The summed E-state index contributed by atoms with van der Waals surface area (Å²) in [7, 11) is 0. The van der Waals surface area contributed by atoms with Crippen LogP contribution in [0.5, 0.6) is 5.75 Å². The van der Waals surface area contributed by atoms with Gasteiger partial charge in [-0.3, -0.25) is 4.79 Å². The minimum absolute atomic E-state index is 0.0327. The van der Waals surface area contributed by atoms with Crippen LogP contribution >= 0.6 is 22.6 Å². The van der Waals surface area contributed by atoms with Gasteiger partial charge in [-0.15, -0.1) is 0 Å². The van der Waals surface area contributed by atoms with Crippen LogP contribution in [0.3, 0.4) is 0 Å². The molecule has 0 spiro atoms. The molecular formula is C16H17IN2O2. The van der Waals surface area contributed by atoms with Crippen molar-refractivity contribution in [1.29, 1.82) is 0 Å². The summed E-state index contributed by atoms with van der Waals surface area (Å²) in [6, 6.07) is 7.73. The van der Waals surface area contributed by atoms with Crippen LogP contribution in [0.4, 0.5) is 5.69 Å². The van der Waals surface area contributed by atoms with Crippen molar-refractivity contribution in [3.8, 4) is 5.75 Å². The summed E-state index contributed by atoms with van der Waals surface area (Å²) in [5, 5.41) is 2.90. The lowest BCUT2D eigenvalue weighted by Crippen LogP contribution is -2.21. The molecule has 0 atom stereocenters. The minimum atomic E-state index is -0.177. The van der Waals surface area contributed by atoms with Crippen molar-refractivity contribution < 1.29 is 9.53 Å². The standard InChI is InChI=1S/C16H17IN2O2/c1-10-6-11(2)16(12(3)7-10)19-15(20)9-21-13-4-5-14(17)18-8-13/h4-8H,9H2,1-3H3,(H,19,20). The Kier molecular flexibility index (Phi) is 5.17. The van der Waals surface area contributed by atoms with Gasteiger partial charge in [-0.1, -0.05) is 17.7 Å². The molecule has 0 fully saturated rings. The number of nitrogens with one attached hydrogen (secondary N) is 1. The normalized spacial score (nSPS) is 10.3. The first-order chi connectivity index (χ1) is 9.95. The van der Waals surface area contributed by atoms with Crippen LogP contribution in [0.1, 0.15) is 16.7 Å². The Balaban J connectivity index is 1.97. The summed E-state index contributed by atoms with van der Waals surface area (Å²) < 4.78 is 6.31. The maximum Gasteiger partial charge on any atom is 0.262 e. The summed E-state index contributed by atoms with van der Waals surface area (Å²) in [5.41, 5.74) is 4.15. The number of halogens is 1. The number of hydrogen-bond acceptors (Lipinski definition) is 3. The fourth-order valence-electron chi connectivity index (χ4n) is 2.15. The first-order valence-electron chi connectivity index (χ1n) is 6.58. The summed E-state index contributed by atoms with van der Waals surface area (Å²) in [6.45, 7) is 5.98. The lowest BCUT2D eigenvalue weighted by atomic mass is 10.1. The van der Waals surface area contributed by atoms with Crippen LogP contribution in [0.25, 0.3) is 0 Å². The van der Waals surface area contributed by atoms with E-state index in [1.165, 1.54) is 5.56 Å². The van der Waals surface area contributed by atoms with Gasteiger partial charge in [0.1, 0.15) is 9.45 Å². The number of aryl methyl sites for hydroxylation is 3. The van der Waals surface area contributed by atoms with E-state index in [9.17, 15) is 4.79 Å². The van der Waals surface area contributed by atoms with E-state index in [-0.39, 0.29) is 12.5 Å². The predicted octanol–water partition coefficient (Wildman–Crippen LogP) is 3.63. The van der Waals surface area contributed by atoms with Crippen molar-refractivity contribution >= 4 is 34.2 Å². The van der Waals surface area contributed by atoms with E-state index in [0.717, 1.165) is 20.5 Å². The number of benzene rings is 1. The van der Waals surface area contributed by atoms with Crippen molar-refractivity contribution in [2.24, 2.45) is 0 Å². The van der Waals surface area contributed by atoms with E-state index in [0.29, 0.717) is 5.75 Å². The van der Waals surface area contributed by atoms with E-state index >= 15 is 0 Å². The quantitative estimate of drug-likeness (QED) is 0.635. The number of anilines is 1. The molecule has 0 aliphatic heterocycles. The second-order valence-electron chi connectivity index (χ2n) is 4.93. The molecule has 110 valence electrons. The highest BCUT2D eigenvalue weighted by Crippen LogP contribution is 2.21. The molecule has 2 aromatic rings. The Morgan fingerprint density at radius 3 is 2.48 bits per heavy atom. The monoisotopic (exact) mass is 396 g/mol. The molecule has 0 aliphatic rings. The molecule has 0 unspecified atom stereocenters. The summed E-state index contributed by atoms with van der Waals surface area (Å²) in [5.74, 6) is 0.409. The highest BCUT2D eigenvalue weighted by molar-refractivity contribution is 14.1. The average molecular weight is 396 g/mol.